The minimum absolute atomic E-state index is 0.0973. The number of hydrogen-bond acceptors (Lipinski definition) is 6. The molecule has 0 bridgehead atoms. The third-order valence-corrected chi connectivity index (χ3v) is 4.53. The summed E-state index contributed by atoms with van der Waals surface area (Å²) in [5.41, 5.74) is 6.73. The van der Waals surface area contributed by atoms with Gasteiger partial charge < -0.3 is 15.5 Å². The predicted octanol–water partition coefficient (Wildman–Crippen LogP) is 1.36. The minimum atomic E-state index is -0.608. The lowest BCUT2D eigenvalue weighted by molar-refractivity contribution is 0.0745. The maximum absolute atomic E-state index is 12.6. The molecule has 1 fully saturated rings. The van der Waals surface area contributed by atoms with Crippen molar-refractivity contribution in [3.63, 3.8) is 0 Å². The average molecular weight is 368 g/mol. The topological polar surface area (TPSA) is 105 Å². The number of anilines is 1. The minimum Gasteiger partial charge on any atom is -0.364 e. The van der Waals surface area contributed by atoms with Crippen molar-refractivity contribution in [2.24, 2.45) is 5.73 Å². The fourth-order valence-corrected chi connectivity index (χ4v) is 2.98. The van der Waals surface area contributed by atoms with Crippen LogP contribution in [0.15, 0.2) is 24.4 Å². The SMILES string of the molecule is Cc1cc(N2CCN(C(=O)c3ccc(C(N)=O)nc3)CC2)nc(C(C)C)n1. The first kappa shape index (κ1) is 18.8. The highest BCUT2D eigenvalue weighted by Crippen LogP contribution is 2.19. The molecule has 0 unspecified atom stereocenters. The first-order chi connectivity index (χ1) is 12.8. The molecule has 1 aliphatic rings. The van der Waals surface area contributed by atoms with Gasteiger partial charge in [0, 0.05) is 50.1 Å². The Hall–Kier alpha value is -3.03. The van der Waals surface area contributed by atoms with E-state index in [0.717, 1.165) is 17.3 Å². The summed E-state index contributed by atoms with van der Waals surface area (Å²) in [6, 6.07) is 5.04. The van der Waals surface area contributed by atoms with E-state index < -0.39 is 5.91 Å². The highest BCUT2D eigenvalue weighted by Gasteiger charge is 2.24. The predicted molar refractivity (Wildman–Crippen MR) is 102 cm³/mol. The van der Waals surface area contributed by atoms with Crippen LogP contribution in [0.3, 0.4) is 0 Å². The van der Waals surface area contributed by atoms with Gasteiger partial charge in [0.1, 0.15) is 17.3 Å². The number of hydrogen-bond donors (Lipinski definition) is 1. The van der Waals surface area contributed by atoms with Crippen LogP contribution >= 0.6 is 0 Å². The largest absolute Gasteiger partial charge is 0.364 e. The van der Waals surface area contributed by atoms with Gasteiger partial charge in [0.25, 0.3) is 11.8 Å². The zero-order chi connectivity index (χ0) is 19.6. The molecule has 0 aromatic carbocycles. The van der Waals surface area contributed by atoms with Crippen molar-refractivity contribution in [3.05, 3.63) is 47.2 Å². The number of aromatic nitrogens is 3. The summed E-state index contributed by atoms with van der Waals surface area (Å²) >= 11 is 0. The Labute approximate surface area is 158 Å². The van der Waals surface area contributed by atoms with E-state index >= 15 is 0 Å². The molecule has 0 spiro atoms. The second-order valence-corrected chi connectivity index (χ2v) is 6.96. The fourth-order valence-electron chi connectivity index (χ4n) is 2.98. The van der Waals surface area contributed by atoms with E-state index in [1.165, 1.54) is 12.3 Å². The lowest BCUT2D eigenvalue weighted by Gasteiger charge is -2.35. The molecule has 2 N–H and O–H groups in total. The summed E-state index contributed by atoms with van der Waals surface area (Å²) in [4.78, 5) is 40.8. The van der Waals surface area contributed by atoms with Gasteiger partial charge in [-0.15, -0.1) is 0 Å². The van der Waals surface area contributed by atoms with Crippen molar-refractivity contribution in [1.29, 1.82) is 0 Å². The highest BCUT2D eigenvalue weighted by molar-refractivity contribution is 5.95. The van der Waals surface area contributed by atoms with E-state index in [0.29, 0.717) is 31.7 Å². The van der Waals surface area contributed by atoms with Crippen molar-refractivity contribution < 1.29 is 9.59 Å². The molecule has 2 aromatic heterocycles. The Balaban J connectivity index is 1.66. The molecule has 0 atom stereocenters. The Morgan fingerprint density at radius 1 is 1.11 bits per heavy atom. The van der Waals surface area contributed by atoms with E-state index in [4.69, 9.17) is 5.73 Å². The summed E-state index contributed by atoms with van der Waals surface area (Å²) in [5, 5.41) is 0. The third kappa shape index (κ3) is 4.21. The number of nitrogens with two attached hydrogens (primary N) is 1. The number of rotatable bonds is 4. The van der Waals surface area contributed by atoms with Gasteiger partial charge in [-0.3, -0.25) is 14.6 Å². The summed E-state index contributed by atoms with van der Waals surface area (Å²) in [6.07, 6.45) is 1.40. The number of pyridine rings is 1. The van der Waals surface area contributed by atoms with Crippen molar-refractivity contribution in [1.82, 2.24) is 19.9 Å². The number of carbonyl (C=O) groups excluding carboxylic acids is 2. The molecule has 27 heavy (non-hydrogen) atoms. The van der Waals surface area contributed by atoms with Crippen LogP contribution in [0.5, 0.6) is 0 Å². The molecule has 2 amide bonds. The number of piperazine rings is 1. The first-order valence-electron chi connectivity index (χ1n) is 9.01. The van der Waals surface area contributed by atoms with Crippen LogP contribution in [0, 0.1) is 6.92 Å². The first-order valence-corrected chi connectivity index (χ1v) is 9.01. The van der Waals surface area contributed by atoms with E-state index in [1.807, 2.05) is 13.0 Å². The van der Waals surface area contributed by atoms with E-state index in [9.17, 15) is 9.59 Å². The Morgan fingerprint density at radius 3 is 2.37 bits per heavy atom. The van der Waals surface area contributed by atoms with Crippen LogP contribution in [0.25, 0.3) is 0 Å². The summed E-state index contributed by atoms with van der Waals surface area (Å²) in [5.74, 6) is 1.31. The van der Waals surface area contributed by atoms with Crippen LogP contribution in [0.1, 0.15) is 52.1 Å². The van der Waals surface area contributed by atoms with Gasteiger partial charge in [0.05, 0.1) is 5.56 Å². The zero-order valence-corrected chi connectivity index (χ0v) is 15.8. The quantitative estimate of drug-likeness (QED) is 0.874. The third-order valence-electron chi connectivity index (χ3n) is 4.53. The molecule has 1 aliphatic heterocycles. The fraction of sp³-hybridized carbons (Fsp3) is 0.421. The van der Waals surface area contributed by atoms with Gasteiger partial charge in [-0.05, 0) is 19.1 Å². The number of primary amides is 1. The summed E-state index contributed by atoms with van der Waals surface area (Å²) in [7, 11) is 0. The summed E-state index contributed by atoms with van der Waals surface area (Å²) < 4.78 is 0. The molecule has 8 heteroatoms. The average Bonchev–Trinajstić information content (AvgIpc) is 2.67. The maximum Gasteiger partial charge on any atom is 0.267 e. The standard InChI is InChI=1S/C19H24N6O2/c1-12(2)18-22-13(3)10-16(23-18)24-6-8-25(9-7-24)19(27)14-4-5-15(17(20)26)21-11-14/h4-5,10-12H,6-9H2,1-3H3,(H2,20,26). The van der Waals surface area contributed by atoms with Gasteiger partial charge in [0.15, 0.2) is 0 Å². The molecule has 8 nitrogen and oxygen atoms in total. The molecule has 142 valence electrons. The molecule has 3 rings (SSSR count). The lowest BCUT2D eigenvalue weighted by Crippen LogP contribution is -2.49. The lowest BCUT2D eigenvalue weighted by atomic mass is 10.2. The smallest absolute Gasteiger partial charge is 0.267 e. The number of amides is 2. The van der Waals surface area contributed by atoms with Crippen LogP contribution in [0.2, 0.25) is 0 Å². The molecular weight excluding hydrogens is 344 g/mol. The van der Waals surface area contributed by atoms with Gasteiger partial charge in [-0.25, -0.2) is 9.97 Å². The molecular formula is C19H24N6O2. The second-order valence-electron chi connectivity index (χ2n) is 6.96. The molecule has 3 heterocycles. The zero-order valence-electron chi connectivity index (χ0n) is 15.8. The van der Waals surface area contributed by atoms with Crippen LogP contribution in [-0.2, 0) is 0 Å². The maximum atomic E-state index is 12.6. The Morgan fingerprint density at radius 2 is 1.81 bits per heavy atom. The normalized spacial score (nSPS) is 14.5. The molecule has 2 aromatic rings. The van der Waals surface area contributed by atoms with Crippen molar-refractivity contribution in [2.75, 3.05) is 31.1 Å². The van der Waals surface area contributed by atoms with Gasteiger partial charge >= 0.3 is 0 Å². The van der Waals surface area contributed by atoms with Crippen molar-refractivity contribution in [3.8, 4) is 0 Å². The highest BCUT2D eigenvalue weighted by atomic mass is 16.2. The summed E-state index contributed by atoms with van der Waals surface area (Å²) in [6.45, 7) is 8.71. The van der Waals surface area contributed by atoms with E-state index in [2.05, 4.69) is 33.7 Å². The van der Waals surface area contributed by atoms with E-state index in [1.54, 1.807) is 11.0 Å². The monoisotopic (exact) mass is 368 g/mol. The van der Waals surface area contributed by atoms with Gasteiger partial charge in [-0.1, -0.05) is 13.8 Å². The van der Waals surface area contributed by atoms with Crippen LogP contribution in [0.4, 0.5) is 5.82 Å². The Kier molecular flexibility index (Phi) is 5.34. The van der Waals surface area contributed by atoms with Gasteiger partial charge in [-0.2, -0.15) is 0 Å². The number of aryl methyl sites for hydroxylation is 1. The molecule has 0 radical (unpaired) electrons. The van der Waals surface area contributed by atoms with Crippen molar-refractivity contribution in [2.45, 2.75) is 26.7 Å². The number of carbonyl (C=O) groups is 2. The van der Waals surface area contributed by atoms with Gasteiger partial charge in [0.2, 0.25) is 0 Å². The van der Waals surface area contributed by atoms with Crippen LogP contribution < -0.4 is 10.6 Å². The molecule has 0 saturated carbocycles. The molecule has 0 aliphatic carbocycles. The Bertz CT molecular complexity index is 842. The van der Waals surface area contributed by atoms with E-state index in [-0.39, 0.29) is 17.5 Å². The van der Waals surface area contributed by atoms with Crippen molar-refractivity contribution >= 4 is 17.6 Å². The second kappa shape index (κ2) is 7.69. The van der Waals surface area contributed by atoms with Crippen LogP contribution in [-0.4, -0.2) is 57.8 Å². The number of nitrogens with zero attached hydrogens (tertiary/aromatic N) is 5. The molecule has 1 saturated heterocycles.